The first kappa shape index (κ1) is 23.9. The number of aryl methyl sites for hydroxylation is 1. The van der Waals surface area contributed by atoms with E-state index in [2.05, 4.69) is 15.2 Å². The standard InChI is InChI=1S/C24H34N4O4S/c1-4-32-24(31)19-14(2)18-22(30)26-20(27-23(18)33-19)15(3)28-12-10-17(11-13-28)25-21(29)16-8-6-5-7-9-16/h15-17H,4-13H2,1-3H3,(H,25,29)(H,26,27,30). The molecule has 180 valence electrons. The molecule has 2 aliphatic rings. The molecular weight excluding hydrogens is 440 g/mol. The minimum absolute atomic E-state index is 0.0643. The maximum Gasteiger partial charge on any atom is 0.348 e. The van der Waals surface area contributed by atoms with Crippen LogP contribution in [0.15, 0.2) is 4.79 Å². The molecule has 1 amide bonds. The Bertz CT molecular complexity index is 1060. The monoisotopic (exact) mass is 474 g/mol. The third-order valence-corrected chi connectivity index (χ3v) is 8.24. The van der Waals surface area contributed by atoms with E-state index < -0.39 is 5.97 Å². The van der Waals surface area contributed by atoms with Gasteiger partial charge in [-0.3, -0.25) is 14.5 Å². The fourth-order valence-corrected chi connectivity index (χ4v) is 6.12. The Kier molecular flexibility index (Phi) is 7.48. The Morgan fingerprint density at radius 2 is 1.91 bits per heavy atom. The van der Waals surface area contributed by atoms with Crippen LogP contribution in [-0.2, 0) is 9.53 Å². The molecule has 3 heterocycles. The topological polar surface area (TPSA) is 104 Å². The van der Waals surface area contributed by atoms with Gasteiger partial charge in [0.1, 0.15) is 15.5 Å². The Balaban J connectivity index is 1.41. The highest BCUT2D eigenvalue weighted by Crippen LogP contribution is 2.30. The van der Waals surface area contributed by atoms with Crippen molar-refractivity contribution in [2.24, 2.45) is 5.92 Å². The highest BCUT2D eigenvalue weighted by molar-refractivity contribution is 7.20. The Morgan fingerprint density at radius 1 is 1.21 bits per heavy atom. The van der Waals surface area contributed by atoms with E-state index in [1.165, 1.54) is 17.8 Å². The first-order valence-electron chi connectivity index (χ1n) is 12.1. The number of carbonyl (C=O) groups is 2. The van der Waals surface area contributed by atoms with Crippen molar-refractivity contribution in [2.45, 2.75) is 77.8 Å². The van der Waals surface area contributed by atoms with Crippen molar-refractivity contribution >= 4 is 33.4 Å². The normalized spacial score (nSPS) is 19.5. The summed E-state index contributed by atoms with van der Waals surface area (Å²) >= 11 is 1.21. The quantitative estimate of drug-likeness (QED) is 0.619. The lowest BCUT2D eigenvalue weighted by atomic mass is 9.88. The van der Waals surface area contributed by atoms with E-state index in [0.717, 1.165) is 51.6 Å². The van der Waals surface area contributed by atoms with Crippen molar-refractivity contribution in [3.05, 3.63) is 26.6 Å². The van der Waals surface area contributed by atoms with Crippen LogP contribution in [0.25, 0.3) is 10.2 Å². The molecule has 2 aromatic rings. The summed E-state index contributed by atoms with van der Waals surface area (Å²) in [5.41, 5.74) is 0.400. The van der Waals surface area contributed by atoms with Crippen molar-refractivity contribution in [3.8, 4) is 0 Å². The van der Waals surface area contributed by atoms with Gasteiger partial charge in [0.2, 0.25) is 5.91 Å². The van der Waals surface area contributed by atoms with Gasteiger partial charge in [0, 0.05) is 25.0 Å². The molecule has 2 aromatic heterocycles. The van der Waals surface area contributed by atoms with Gasteiger partial charge in [-0.2, -0.15) is 0 Å². The van der Waals surface area contributed by atoms with Gasteiger partial charge >= 0.3 is 5.97 Å². The van der Waals surface area contributed by atoms with Gasteiger partial charge in [-0.05, 0) is 52.0 Å². The van der Waals surface area contributed by atoms with Crippen LogP contribution in [0.3, 0.4) is 0 Å². The van der Waals surface area contributed by atoms with Gasteiger partial charge in [0.15, 0.2) is 0 Å². The second-order valence-electron chi connectivity index (χ2n) is 9.24. The van der Waals surface area contributed by atoms with Crippen LogP contribution in [-0.4, -0.2) is 52.5 Å². The number of nitrogens with zero attached hydrogens (tertiary/aromatic N) is 2. The van der Waals surface area contributed by atoms with Gasteiger partial charge in [-0.1, -0.05) is 19.3 Å². The number of aromatic nitrogens is 2. The summed E-state index contributed by atoms with van der Waals surface area (Å²) in [5.74, 6) is 0.603. The number of carbonyl (C=O) groups excluding carboxylic acids is 2. The molecule has 8 nitrogen and oxygen atoms in total. The number of rotatable bonds is 6. The van der Waals surface area contributed by atoms with E-state index in [1.54, 1.807) is 13.8 Å². The number of aromatic amines is 1. The van der Waals surface area contributed by atoms with Crippen LogP contribution < -0.4 is 10.9 Å². The van der Waals surface area contributed by atoms with E-state index in [4.69, 9.17) is 9.72 Å². The molecular formula is C24H34N4O4S. The largest absolute Gasteiger partial charge is 0.462 e. The summed E-state index contributed by atoms with van der Waals surface area (Å²) in [6.07, 6.45) is 7.38. The second-order valence-corrected chi connectivity index (χ2v) is 10.2. The summed E-state index contributed by atoms with van der Waals surface area (Å²) < 4.78 is 5.12. The lowest BCUT2D eigenvalue weighted by Crippen LogP contribution is -2.47. The number of fused-ring (bicyclic) bond motifs is 1. The lowest BCUT2D eigenvalue weighted by molar-refractivity contribution is -0.127. The number of amides is 1. The zero-order chi connectivity index (χ0) is 23.5. The number of nitrogens with one attached hydrogen (secondary N) is 2. The van der Waals surface area contributed by atoms with Crippen molar-refractivity contribution in [1.29, 1.82) is 0 Å². The molecule has 1 unspecified atom stereocenters. The predicted octanol–water partition coefficient (Wildman–Crippen LogP) is 3.69. The zero-order valence-corrected chi connectivity index (χ0v) is 20.6. The lowest BCUT2D eigenvalue weighted by Gasteiger charge is -2.36. The molecule has 4 rings (SSSR count). The number of hydrogen-bond donors (Lipinski definition) is 2. The number of ether oxygens (including phenoxy) is 1. The first-order chi connectivity index (χ1) is 15.9. The molecule has 1 saturated carbocycles. The van der Waals surface area contributed by atoms with Gasteiger partial charge in [-0.25, -0.2) is 9.78 Å². The second kappa shape index (κ2) is 10.3. The van der Waals surface area contributed by atoms with Crippen LogP contribution >= 0.6 is 11.3 Å². The molecule has 0 bridgehead atoms. The predicted molar refractivity (Wildman–Crippen MR) is 129 cm³/mol. The molecule has 33 heavy (non-hydrogen) atoms. The molecule has 1 aliphatic carbocycles. The summed E-state index contributed by atoms with van der Waals surface area (Å²) in [6.45, 7) is 7.51. The van der Waals surface area contributed by atoms with Gasteiger partial charge in [0.05, 0.1) is 18.0 Å². The molecule has 1 saturated heterocycles. The first-order valence-corrected chi connectivity index (χ1v) is 13.0. The molecule has 9 heteroatoms. The van der Waals surface area contributed by atoms with Crippen molar-refractivity contribution in [2.75, 3.05) is 19.7 Å². The van der Waals surface area contributed by atoms with E-state index in [9.17, 15) is 14.4 Å². The molecule has 0 spiro atoms. The maximum atomic E-state index is 12.8. The number of hydrogen-bond acceptors (Lipinski definition) is 7. The number of esters is 1. The van der Waals surface area contributed by atoms with Crippen molar-refractivity contribution in [3.63, 3.8) is 0 Å². The van der Waals surface area contributed by atoms with E-state index in [1.807, 2.05) is 6.92 Å². The zero-order valence-electron chi connectivity index (χ0n) is 19.7. The van der Waals surface area contributed by atoms with E-state index >= 15 is 0 Å². The van der Waals surface area contributed by atoms with E-state index in [-0.39, 0.29) is 36.1 Å². The van der Waals surface area contributed by atoms with Gasteiger partial charge < -0.3 is 15.0 Å². The van der Waals surface area contributed by atoms with Crippen molar-refractivity contribution in [1.82, 2.24) is 20.2 Å². The third kappa shape index (κ3) is 5.14. The van der Waals surface area contributed by atoms with Gasteiger partial charge in [0.25, 0.3) is 5.56 Å². The fourth-order valence-electron chi connectivity index (χ4n) is 5.04. The minimum atomic E-state index is -0.413. The third-order valence-electron chi connectivity index (χ3n) is 7.08. The molecule has 0 aromatic carbocycles. The van der Waals surface area contributed by atoms with Crippen LogP contribution in [0, 0.1) is 12.8 Å². The van der Waals surface area contributed by atoms with Crippen LogP contribution in [0.2, 0.25) is 0 Å². The minimum Gasteiger partial charge on any atom is -0.462 e. The molecule has 2 fully saturated rings. The van der Waals surface area contributed by atoms with Crippen molar-refractivity contribution < 1.29 is 14.3 Å². The highest BCUT2D eigenvalue weighted by Gasteiger charge is 2.29. The Morgan fingerprint density at radius 3 is 2.58 bits per heavy atom. The van der Waals surface area contributed by atoms with Crippen LogP contribution in [0.5, 0.6) is 0 Å². The molecule has 0 radical (unpaired) electrons. The average molecular weight is 475 g/mol. The number of likely N-dealkylation sites (tertiary alicyclic amines) is 1. The van der Waals surface area contributed by atoms with Crippen LogP contribution in [0.1, 0.15) is 85.9 Å². The fraction of sp³-hybridized carbons (Fsp3) is 0.667. The maximum absolute atomic E-state index is 12.8. The molecule has 1 atom stereocenters. The summed E-state index contributed by atoms with van der Waals surface area (Å²) in [6, 6.07) is 0.148. The Labute approximate surface area is 198 Å². The van der Waals surface area contributed by atoms with Crippen LogP contribution in [0.4, 0.5) is 0 Å². The number of H-pyrrole nitrogens is 1. The SMILES string of the molecule is CCOC(=O)c1sc2nc(C(C)N3CCC(NC(=O)C4CCCCC4)CC3)[nH]c(=O)c2c1C. The van der Waals surface area contributed by atoms with Gasteiger partial charge in [-0.15, -0.1) is 11.3 Å². The van der Waals surface area contributed by atoms with E-state index in [0.29, 0.717) is 26.5 Å². The summed E-state index contributed by atoms with van der Waals surface area (Å²) in [5, 5.41) is 3.73. The summed E-state index contributed by atoms with van der Waals surface area (Å²) in [7, 11) is 0. The number of thiophene rings is 1. The summed E-state index contributed by atoms with van der Waals surface area (Å²) in [4.78, 5) is 48.6. The smallest absolute Gasteiger partial charge is 0.348 e. The average Bonchev–Trinajstić information content (AvgIpc) is 3.16. The Hall–Kier alpha value is -2.26. The molecule has 2 N–H and O–H groups in total. The molecule has 1 aliphatic heterocycles. The highest BCUT2D eigenvalue weighted by atomic mass is 32.1. The number of piperidine rings is 1.